The van der Waals surface area contributed by atoms with Gasteiger partial charge in [0.2, 0.25) is 0 Å². The number of hydrogen-bond donors (Lipinski definition) is 0. The molecule has 1 aliphatic rings. The van der Waals surface area contributed by atoms with Gasteiger partial charge in [0.25, 0.3) is 0 Å². The van der Waals surface area contributed by atoms with Crippen molar-refractivity contribution in [1.82, 2.24) is 14.5 Å². The molecule has 4 heteroatoms. The Balaban J connectivity index is 1.23. The van der Waals surface area contributed by atoms with Gasteiger partial charge in [0.1, 0.15) is 0 Å². The molecular weight excluding hydrogens is 560 g/mol. The van der Waals surface area contributed by atoms with Crippen LogP contribution in [0.4, 0.5) is 0 Å². The molecule has 0 atom stereocenters. The molecular formula is C42H26N4. The third kappa shape index (κ3) is 4.14. The Morgan fingerprint density at radius 2 is 1.17 bits per heavy atom. The summed E-state index contributed by atoms with van der Waals surface area (Å²) in [5.74, 6) is 0.719. The monoisotopic (exact) mass is 586 g/mol. The van der Waals surface area contributed by atoms with Crippen LogP contribution < -0.4 is 0 Å². The summed E-state index contributed by atoms with van der Waals surface area (Å²) in [7, 11) is 0. The molecule has 0 N–H and O–H groups in total. The molecule has 6 aromatic carbocycles. The van der Waals surface area contributed by atoms with Crippen LogP contribution in [0.3, 0.4) is 0 Å². The molecule has 2 heterocycles. The first-order chi connectivity index (χ1) is 22.7. The van der Waals surface area contributed by atoms with Gasteiger partial charge in [-0.3, -0.25) is 0 Å². The van der Waals surface area contributed by atoms with Gasteiger partial charge in [-0.05, 0) is 53.1 Å². The highest BCUT2D eigenvalue weighted by Crippen LogP contribution is 2.43. The molecule has 0 spiro atoms. The predicted octanol–water partition coefficient (Wildman–Crippen LogP) is 10.0. The molecule has 0 radical (unpaired) electrons. The van der Waals surface area contributed by atoms with Gasteiger partial charge < -0.3 is 4.57 Å². The second-order valence-corrected chi connectivity index (χ2v) is 11.8. The standard InChI is InChI=1S/C42H26N4/c43-26-27-21-32(23-33(22-27)46-38-17-9-7-15-34(38)35-16-8-10-18-39(35)46)30-19-20-31-25-37-40(28-11-3-1-4-12-28)44-42(29-13-5-2-6-14-29)45-41(37)36(31)24-30/h1-24H,25H2. The van der Waals surface area contributed by atoms with E-state index in [0.29, 0.717) is 5.56 Å². The smallest absolute Gasteiger partial charge is 0.160 e. The molecule has 214 valence electrons. The van der Waals surface area contributed by atoms with E-state index in [-0.39, 0.29) is 0 Å². The SMILES string of the molecule is N#Cc1cc(-c2ccc3c(c2)-c2nc(-c4ccccc4)nc(-c4ccccc4)c2C3)cc(-n2c3ccccc3c3ccccc32)c1. The highest BCUT2D eigenvalue weighted by molar-refractivity contribution is 6.09. The maximum Gasteiger partial charge on any atom is 0.160 e. The summed E-state index contributed by atoms with van der Waals surface area (Å²) in [6, 6.07) is 52.7. The highest BCUT2D eigenvalue weighted by atomic mass is 15.0. The second-order valence-electron chi connectivity index (χ2n) is 11.8. The van der Waals surface area contributed by atoms with E-state index in [2.05, 4.69) is 120 Å². The van der Waals surface area contributed by atoms with Gasteiger partial charge in [-0.25, -0.2) is 9.97 Å². The topological polar surface area (TPSA) is 54.5 Å². The van der Waals surface area contributed by atoms with E-state index in [1.165, 1.54) is 16.3 Å². The lowest BCUT2D eigenvalue weighted by atomic mass is 9.98. The second kappa shape index (κ2) is 10.4. The van der Waals surface area contributed by atoms with Crippen molar-refractivity contribution in [1.29, 1.82) is 5.26 Å². The average molecular weight is 587 g/mol. The largest absolute Gasteiger partial charge is 0.309 e. The lowest BCUT2D eigenvalue weighted by Crippen LogP contribution is -1.99. The molecule has 4 nitrogen and oxygen atoms in total. The Morgan fingerprint density at radius 3 is 1.87 bits per heavy atom. The summed E-state index contributed by atoms with van der Waals surface area (Å²) >= 11 is 0. The zero-order valence-corrected chi connectivity index (χ0v) is 24.9. The number of rotatable bonds is 4. The molecule has 46 heavy (non-hydrogen) atoms. The van der Waals surface area contributed by atoms with E-state index in [1.54, 1.807) is 0 Å². The normalized spacial score (nSPS) is 11.8. The van der Waals surface area contributed by atoms with E-state index < -0.39 is 0 Å². The molecule has 0 bridgehead atoms. The van der Waals surface area contributed by atoms with Crippen molar-refractivity contribution in [3.05, 3.63) is 162 Å². The number of hydrogen-bond acceptors (Lipinski definition) is 3. The van der Waals surface area contributed by atoms with Crippen molar-refractivity contribution in [3.8, 4) is 56.8 Å². The Kier molecular flexibility index (Phi) is 5.91. The fourth-order valence-corrected chi connectivity index (χ4v) is 6.92. The fourth-order valence-electron chi connectivity index (χ4n) is 6.92. The third-order valence-corrected chi connectivity index (χ3v) is 9.04. The van der Waals surface area contributed by atoms with Gasteiger partial charge >= 0.3 is 0 Å². The first kappa shape index (κ1) is 26.1. The van der Waals surface area contributed by atoms with Gasteiger partial charge in [-0.2, -0.15) is 5.26 Å². The zero-order chi connectivity index (χ0) is 30.6. The van der Waals surface area contributed by atoms with Gasteiger partial charge in [-0.15, -0.1) is 0 Å². The molecule has 0 saturated carbocycles. The van der Waals surface area contributed by atoms with Gasteiger partial charge in [-0.1, -0.05) is 109 Å². The minimum Gasteiger partial charge on any atom is -0.309 e. The van der Waals surface area contributed by atoms with Crippen molar-refractivity contribution >= 4 is 21.8 Å². The van der Waals surface area contributed by atoms with Crippen molar-refractivity contribution < 1.29 is 0 Å². The predicted molar refractivity (Wildman–Crippen MR) is 186 cm³/mol. The lowest BCUT2D eigenvalue weighted by molar-refractivity contribution is 1.13. The summed E-state index contributed by atoms with van der Waals surface area (Å²) in [6.45, 7) is 0. The average Bonchev–Trinajstić information content (AvgIpc) is 3.67. The Morgan fingerprint density at radius 1 is 0.543 bits per heavy atom. The summed E-state index contributed by atoms with van der Waals surface area (Å²) in [5.41, 5.74) is 13.4. The summed E-state index contributed by atoms with van der Waals surface area (Å²) in [6.07, 6.45) is 0.773. The van der Waals surface area contributed by atoms with E-state index in [0.717, 1.165) is 73.7 Å². The summed E-state index contributed by atoms with van der Waals surface area (Å²) in [5, 5.41) is 12.5. The summed E-state index contributed by atoms with van der Waals surface area (Å²) in [4.78, 5) is 10.3. The van der Waals surface area contributed by atoms with Crippen molar-refractivity contribution in [2.45, 2.75) is 6.42 Å². The number of fused-ring (bicyclic) bond motifs is 6. The zero-order valence-electron chi connectivity index (χ0n) is 24.9. The summed E-state index contributed by atoms with van der Waals surface area (Å²) < 4.78 is 2.27. The minimum absolute atomic E-state index is 0.621. The Hall–Kier alpha value is -6.31. The highest BCUT2D eigenvalue weighted by Gasteiger charge is 2.26. The first-order valence-electron chi connectivity index (χ1n) is 15.4. The third-order valence-electron chi connectivity index (χ3n) is 9.04. The lowest BCUT2D eigenvalue weighted by Gasteiger charge is -2.13. The molecule has 0 aliphatic heterocycles. The van der Waals surface area contributed by atoms with E-state index in [1.807, 2.05) is 36.4 Å². The number of aromatic nitrogens is 3. The van der Waals surface area contributed by atoms with E-state index in [9.17, 15) is 5.26 Å². The van der Waals surface area contributed by atoms with E-state index in [4.69, 9.17) is 9.97 Å². The van der Waals surface area contributed by atoms with Crippen LogP contribution in [0.25, 0.3) is 72.5 Å². The maximum absolute atomic E-state index is 10.1. The number of benzene rings is 6. The number of nitriles is 1. The Bertz CT molecular complexity index is 2450. The van der Waals surface area contributed by atoms with Gasteiger partial charge in [0.05, 0.1) is 34.1 Å². The molecule has 2 aromatic heterocycles. The quantitative estimate of drug-likeness (QED) is 0.206. The fraction of sp³-hybridized carbons (Fsp3) is 0.0238. The number of para-hydroxylation sites is 2. The van der Waals surface area contributed by atoms with Crippen LogP contribution in [0.5, 0.6) is 0 Å². The van der Waals surface area contributed by atoms with Crippen LogP contribution in [0.1, 0.15) is 16.7 Å². The molecule has 0 unspecified atom stereocenters. The number of nitrogens with zero attached hydrogens (tertiary/aromatic N) is 4. The molecule has 0 saturated heterocycles. The maximum atomic E-state index is 10.1. The van der Waals surface area contributed by atoms with Crippen LogP contribution >= 0.6 is 0 Å². The van der Waals surface area contributed by atoms with Crippen LogP contribution in [0.2, 0.25) is 0 Å². The van der Waals surface area contributed by atoms with Crippen LogP contribution in [0, 0.1) is 11.3 Å². The van der Waals surface area contributed by atoms with Crippen molar-refractivity contribution in [2.75, 3.05) is 0 Å². The molecule has 0 fully saturated rings. The van der Waals surface area contributed by atoms with Crippen LogP contribution in [-0.4, -0.2) is 14.5 Å². The molecule has 9 rings (SSSR count). The van der Waals surface area contributed by atoms with Gasteiger partial charge in [0.15, 0.2) is 5.82 Å². The molecule has 0 amide bonds. The van der Waals surface area contributed by atoms with E-state index >= 15 is 0 Å². The minimum atomic E-state index is 0.621. The molecule has 1 aliphatic carbocycles. The van der Waals surface area contributed by atoms with Crippen LogP contribution in [-0.2, 0) is 6.42 Å². The van der Waals surface area contributed by atoms with Crippen molar-refractivity contribution in [2.24, 2.45) is 0 Å². The van der Waals surface area contributed by atoms with Crippen molar-refractivity contribution in [3.63, 3.8) is 0 Å². The van der Waals surface area contributed by atoms with Gasteiger partial charge in [0, 0.05) is 45.1 Å². The first-order valence-corrected chi connectivity index (χ1v) is 15.4. The Labute approximate surface area is 266 Å². The molecule has 8 aromatic rings. The van der Waals surface area contributed by atoms with Crippen LogP contribution in [0.15, 0.2) is 146 Å².